The smallest absolute Gasteiger partial charge is 0.155 e. The van der Waals surface area contributed by atoms with Crippen LogP contribution in [0.1, 0.15) is 25.7 Å². The first-order chi connectivity index (χ1) is 22.7. The average molecular weight is 619 g/mol. The van der Waals surface area contributed by atoms with Crippen molar-refractivity contribution in [1.82, 2.24) is 40.3 Å². The number of piperidine rings is 1. The zero-order valence-corrected chi connectivity index (χ0v) is 25.4. The van der Waals surface area contributed by atoms with Crippen molar-refractivity contribution >= 4 is 21.9 Å². The number of ether oxygens (including phenoxy) is 2. The highest BCUT2D eigenvalue weighted by atomic mass is 19.1. The van der Waals surface area contributed by atoms with E-state index in [2.05, 4.69) is 46.4 Å². The van der Waals surface area contributed by atoms with Gasteiger partial charge in [0.25, 0.3) is 0 Å². The summed E-state index contributed by atoms with van der Waals surface area (Å²) in [6.45, 7) is 5.48. The molecule has 0 radical (unpaired) electrons. The molecular formula is C35H35FN8O2. The minimum absolute atomic E-state index is 0.187. The summed E-state index contributed by atoms with van der Waals surface area (Å²) in [4.78, 5) is 19.4. The number of pyridine rings is 3. The van der Waals surface area contributed by atoms with Gasteiger partial charge in [-0.1, -0.05) is 0 Å². The summed E-state index contributed by atoms with van der Waals surface area (Å²) in [6.07, 6.45) is 13.5. The molecule has 1 aromatic carbocycles. The zero-order chi connectivity index (χ0) is 30.9. The Bertz CT molecular complexity index is 1990. The fraction of sp³-hybridized carbons (Fsp3) is 0.314. The van der Waals surface area contributed by atoms with Crippen LogP contribution in [0.4, 0.5) is 4.39 Å². The minimum atomic E-state index is -0.349. The molecule has 0 amide bonds. The molecule has 3 N–H and O–H groups in total. The lowest BCUT2D eigenvalue weighted by Gasteiger charge is -2.23. The Labute approximate surface area is 265 Å². The van der Waals surface area contributed by atoms with E-state index in [0.29, 0.717) is 23.6 Å². The van der Waals surface area contributed by atoms with E-state index in [1.807, 2.05) is 30.6 Å². The maximum Gasteiger partial charge on any atom is 0.155 e. The third-order valence-electron chi connectivity index (χ3n) is 8.91. The summed E-state index contributed by atoms with van der Waals surface area (Å²) in [7, 11) is 0. The molecule has 0 atom stereocenters. The van der Waals surface area contributed by atoms with Gasteiger partial charge >= 0.3 is 0 Å². The van der Waals surface area contributed by atoms with Crippen LogP contribution in [0.5, 0.6) is 11.5 Å². The molecule has 11 heteroatoms. The van der Waals surface area contributed by atoms with E-state index in [4.69, 9.17) is 9.47 Å². The van der Waals surface area contributed by atoms with Gasteiger partial charge in [-0.3, -0.25) is 20.0 Å². The van der Waals surface area contributed by atoms with Crippen LogP contribution in [0.15, 0.2) is 67.4 Å². The van der Waals surface area contributed by atoms with Gasteiger partial charge in [0.05, 0.1) is 23.6 Å². The molecule has 0 unspecified atom stereocenters. The third kappa shape index (κ3) is 5.91. The highest BCUT2D eigenvalue weighted by Gasteiger charge is 2.18. The fourth-order valence-electron chi connectivity index (χ4n) is 6.52. The van der Waals surface area contributed by atoms with Gasteiger partial charge in [0, 0.05) is 58.7 Å². The number of nitrogens with one attached hydrogen (secondary N) is 3. The lowest BCUT2D eigenvalue weighted by molar-refractivity contribution is 0.162. The maximum atomic E-state index is 14.8. The van der Waals surface area contributed by atoms with E-state index in [0.717, 1.165) is 95.7 Å². The molecule has 2 fully saturated rings. The van der Waals surface area contributed by atoms with Crippen LogP contribution >= 0.6 is 0 Å². The van der Waals surface area contributed by atoms with Crippen molar-refractivity contribution in [2.24, 2.45) is 0 Å². The normalized spacial score (nSPS) is 16.0. The van der Waals surface area contributed by atoms with Crippen LogP contribution in [-0.2, 0) is 0 Å². The first kappa shape index (κ1) is 28.6. The minimum Gasteiger partial charge on any atom is -0.492 e. The van der Waals surface area contributed by atoms with Crippen molar-refractivity contribution < 1.29 is 13.9 Å². The van der Waals surface area contributed by atoms with Gasteiger partial charge in [0.15, 0.2) is 5.65 Å². The Morgan fingerprint density at radius 1 is 0.826 bits per heavy atom. The molecule has 46 heavy (non-hydrogen) atoms. The number of aromatic nitrogens is 6. The van der Waals surface area contributed by atoms with Gasteiger partial charge in [-0.2, -0.15) is 5.10 Å². The Morgan fingerprint density at radius 2 is 1.65 bits per heavy atom. The predicted octanol–water partition coefficient (Wildman–Crippen LogP) is 5.97. The highest BCUT2D eigenvalue weighted by molar-refractivity contribution is 6.00. The summed E-state index contributed by atoms with van der Waals surface area (Å²) in [5.41, 5.74) is 6.36. The number of halogens is 1. The molecule has 2 saturated heterocycles. The van der Waals surface area contributed by atoms with Crippen LogP contribution in [0.2, 0.25) is 0 Å². The van der Waals surface area contributed by atoms with E-state index < -0.39 is 0 Å². The molecule has 7 heterocycles. The molecule has 234 valence electrons. The van der Waals surface area contributed by atoms with Crippen molar-refractivity contribution in [2.45, 2.75) is 31.8 Å². The van der Waals surface area contributed by atoms with E-state index in [1.165, 1.54) is 25.0 Å². The van der Waals surface area contributed by atoms with Crippen LogP contribution in [-0.4, -0.2) is 80.5 Å². The van der Waals surface area contributed by atoms with Crippen molar-refractivity contribution in [2.75, 3.05) is 39.3 Å². The quantitative estimate of drug-likeness (QED) is 0.181. The van der Waals surface area contributed by atoms with Gasteiger partial charge in [-0.15, -0.1) is 0 Å². The number of hydrogen-bond acceptors (Lipinski definition) is 8. The number of likely N-dealkylation sites (tertiary alicyclic amines) is 1. The molecule has 6 aromatic rings. The van der Waals surface area contributed by atoms with Crippen molar-refractivity contribution in [3.63, 3.8) is 0 Å². The molecule has 10 nitrogen and oxygen atoms in total. The lowest BCUT2D eigenvalue weighted by Crippen LogP contribution is -2.34. The second kappa shape index (κ2) is 12.5. The second-order valence-corrected chi connectivity index (χ2v) is 12.1. The Balaban J connectivity index is 1.08. The summed E-state index contributed by atoms with van der Waals surface area (Å²) < 4.78 is 27.0. The molecule has 0 bridgehead atoms. The number of rotatable bonds is 9. The van der Waals surface area contributed by atoms with Crippen molar-refractivity contribution in [1.29, 1.82) is 0 Å². The second-order valence-electron chi connectivity index (χ2n) is 12.1. The summed E-state index contributed by atoms with van der Waals surface area (Å²) in [6, 6.07) is 11.0. The van der Waals surface area contributed by atoms with Crippen LogP contribution < -0.4 is 14.8 Å². The van der Waals surface area contributed by atoms with Crippen LogP contribution in [0.3, 0.4) is 0 Å². The first-order valence-electron chi connectivity index (χ1n) is 16.0. The highest BCUT2D eigenvalue weighted by Crippen LogP contribution is 2.36. The van der Waals surface area contributed by atoms with Gasteiger partial charge < -0.3 is 19.8 Å². The van der Waals surface area contributed by atoms with Crippen LogP contribution in [0.25, 0.3) is 55.6 Å². The van der Waals surface area contributed by atoms with Gasteiger partial charge in [0.2, 0.25) is 0 Å². The molecule has 5 aromatic heterocycles. The van der Waals surface area contributed by atoms with E-state index in [9.17, 15) is 4.39 Å². The van der Waals surface area contributed by atoms with Crippen LogP contribution in [0, 0.1) is 5.82 Å². The Morgan fingerprint density at radius 3 is 2.54 bits per heavy atom. The molecular weight excluding hydrogens is 583 g/mol. The average Bonchev–Trinajstić information content (AvgIpc) is 3.85. The number of fused-ring (bicyclic) bond motifs is 2. The third-order valence-corrected chi connectivity index (χ3v) is 8.91. The fourth-order valence-corrected chi connectivity index (χ4v) is 6.52. The standard InChI is InChI=1S/C35H35FN8O2/c36-25-11-22(12-27(15-25)45-10-9-44-7-1-2-8-44)31-20-39-21-33-29(31)16-32(41-33)34-30-14-24(18-40-35(30)43-42-34)23-13-28(19-38-17-23)46-26-3-5-37-6-4-26/h11-21,26,37,41H,1-10H2,(H,40,42,43). The number of H-pyrrole nitrogens is 2. The molecule has 8 rings (SSSR count). The predicted molar refractivity (Wildman–Crippen MR) is 175 cm³/mol. The van der Waals surface area contributed by atoms with E-state index in [-0.39, 0.29) is 11.9 Å². The lowest BCUT2D eigenvalue weighted by atomic mass is 10.0. The largest absolute Gasteiger partial charge is 0.492 e. The molecule has 0 saturated carbocycles. The summed E-state index contributed by atoms with van der Waals surface area (Å²) in [5, 5.41) is 12.8. The first-order valence-corrected chi connectivity index (χ1v) is 16.0. The number of benzene rings is 1. The van der Waals surface area contributed by atoms with E-state index in [1.54, 1.807) is 18.6 Å². The van der Waals surface area contributed by atoms with Gasteiger partial charge in [-0.05, 0) is 87.8 Å². The molecule has 0 spiro atoms. The molecule has 2 aliphatic heterocycles. The SMILES string of the molecule is Fc1cc(OCCN2CCCC2)cc(-c2cncc3[nH]c(-c4n[nH]c5ncc(-c6cncc(OC7CCNCC7)c6)cc45)cc23)c1. The Hall–Kier alpha value is -4.87. The number of hydrogen-bond donors (Lipinski definition) is 3. The van der Waals surface area contributed by atoms with Gasteiger partial charge in [-0.25, -0.2) is 9.37 Å². The molecule has 0 aliphatic carbocycles. The topological polar surface area (TPSA) is 117 Å². The van der Waals surface area contributed by atoms with Crippen molar-refractivity contribution in [3.8, 4) is 45.1 Å². The zero-order valence-electron chi connectivity index (χ0n) is 25.4. The monoisotopic (exact) mass is 618 g/mol. The van der Waals surface area contributed by atoms with Gasteiger partial charge in [0.1, 0.15) is 35.7 Å². The molecule has 2 aliphatic rings. The number of nitrogens with zero attached hydrogens (tertiary/aromatic N) is 5. The Kier molecular flexibility index (Phi) is 7.77. The maximum absolute atomic E-state index is 14.8. The summed E-state index contributed by atoms with van der Waals surface area (Å²) >= 11 is 0. The van der Waals surface area contributed by atoms with Crippen molar-refractivity contribution in [3.05, 3.63) is 73.2 Å². The summed E-state index contributed by atoms with van der Waals surface area (Å²) in [5.74, 6) is 0.918. The van der Waals surface area contributed by atoms with E-state index >= 15 is 0 Å². The number of aromatic amines is 2.